The van der Waals surface area contributed by atoms with E-state index in [1.54, 1.807) is 12.3 Å². The molecule has 0 bridgehead atoms. The van der Waals surface area contributed by atoms with E-state index < -0.39 is 8.32 Å². The van der Waals surface area contributed by atoms with E-state index in [9.17, 15) is 5.11 Å². The van der Waals surface area contributed by atoms with Gasteiger partial charge in [-0.1, -0.05) is 118 Å². The second-order valence-electron chi connectivity index (χ2n) is 12.0. The predicted molar refractivity (Wildman–Crippen MR) is 180 cm³/mol. The molecular weight excluding hydrogens is 547 g/mol. The summed E-state index contributed by atoms with van der Waals surface area (Å²) in [5.41, 5.74) is 4.78. The van der Waals surface area contributed by atoms with Crippen molar-refractivity contribution in [1.82, 2.24) is 4.98 Å². The second kappa shape index (κ2) is 13.5. The Morgan fingerprint density at radius 1 is 0.930 bits per heavy atom. The topological polar surface area (TPSA) is 51.6 Å². The number of para-hydroxylation sites is 1. The normalized spacial score (nSPS) is 15.7. The number of phenolic OH excluding ortho intramolecular Hbond substituents is 1. The molecule has 0 saturated carbocycles. The Labute approximate surface area is 257 Å². The van der Waals surface area contributed by atoms with Crippen molar-refractivity contribution in [3.63, 3.8) is 0 Å². The number of allylic oxidation sites excluding steroid dienone is 1. The molecule has 1 aromatic heterocycles. The standard InChI is InChI=1S/C38H41NO3Si/c1-29(28-42-43(38(2,3)4,32-16-7-5-8-17-32)33-18-9-6-10-19-33)34-24-26-41-37(34)23-22-30(35-20-13-14-25-39-35)27-31-15-11-12-21-36(31)40/h5-21,24-25,27,37,40H,1,22-23,26,28H2,2-4H3/b30-27-. The summed E-state index contributed by atoms with van der Waals surface area (Å²) >= 11 is 0. The van der Waals surface area contributed by atoms with Crippen LogP contribution in [0.1, 0.15) is 44.9 Å². The van der Waals surface area contributed by atoms with E-state index in [0.717, 1.165) is 40.8 Å². The molecule has 0 aliphatic carbocycles. The van der Waals surface area contributed by atoms with Crippen molar-refractivity contribution >= 4 is 30.3 Å². The number of pyridine rings is 1. The maximum absolute atomic E-state index is 10.4. The summed E-state index contributed by atoms with van der Waals surface area (Å²) in [6.07, 6.45) is 7.38. The minimum Gasteiger partial charge on any atom is -0.507 e. The minimum atomic E-state index is -2.68. The Kier molecular flexibility index (Phi) is 9.56. The molecule has 43 heavy (non-hydrogen) atoms. The third-order valence-electron chi connectivity index (χ3n) is 8.17. The highest BCUT2D eigenvalue weighted by atomic mass is 28.4. The number of nitrogens with zero attached hydrogens (tertiary/aromatic N) is 1. The highest BCUT2D eigenvalue weighted by Crippen LogP contribution is 2.38. The molecule has 3 aromatic carbocycles. The fourth-order valence-corrected chi connectivity index (χ4v) is 10.6. The summed E-state index contributed by atoms with van der Waals surface area (Å²) in [4.78, 5) is 4.60. The predicted octanol–water partition coefficient (Wildman–Crippen LogP) is 7.57. The lowest BCUT2D eigenvalue weighted by Gasteiger charge is -2.43. The van der Waals surface area contributed by atoms with Gasteiger partial charge in [-0.2, -0.15) is 0 Å². The maximum Gasteiger partial charge on any atom is 0.261 e. The fraction of sp³-hybridized carbons (Fsp3) is 0.237. The van der Waals surface area contributed by atoms with Crippen LogP contribution in [0.25, 0.3) is 11.6 Å². The number of benzene rings is 3. The summed E-state index contributed by atoms with van der Waals surface area (Å²) in [5, 5.41) is 12.8. The van der Waals surface area contributed by atoms with Crippen LogP contribution < -0.4 is 10.4 Å². The zero-order valence-corrected chi connectivity index (χ0v) is 26.4. The van der Waals surface area contributed by atoms with Gasteiger partial charge in [0.2, 0.25) is 0 Å². The zero-order valence-electron chi connectivity index (χ0n) is 25.4. The Balaban J connectivity index is 1.36. The van der Waals surface area contributed by atoms with E-state index in [0.29, 0.717) is 13.2 Å². The number of phenols is 1. The molecule has 0 spiro atoms. The first-order valence-corrected chi connectivity index (χ1v) is 16.9. The van der Waals surface area contributed by atoms with Gasteiger partial charge in [0.05, 0.1) is 25.0 Å². The van der Waals surface area contributed by atoms with Crippen LogP contribution in [0.3, 0.4) is 0 Å². The monoisotopic (exact) mass is 587 g/mol. The highest BCUT2D eigenvalue weighted by molar-refractivity contribution is 6.99. The summed E-state index contributed by atoms with van der Waals surface area (Å²) in [7, 11) is -2.68. The van der Waals surface area contributed by atoms with Crippen LogP contribution in [0, 0.1) is 0 Å². The number of hydrogen-bond donors (Lipinski definition) is 1. The van der Waals surface area contributed by atoms with Gasteiger partial charge in [-0.05, 0) is 69.2 Å². The number of aromatic hydroxyl groups is 1. The minimum absolute atomic E-state index is 0.0910. The van der Waals surface area contributed by atoms with Crippen LogP contribution in [0.2, 0.25) is 5.04 Å². The van der Waals surface area contributed by atoms with Gasteiger partial charge in [-0.25, -0.2) is 0 Å². The lowest BCUT2D eigenvalue weighted by molar-refractivity contribution is 0.117. The van der Waals surface area contributed by atoms with Gasteiger partial charge in [-0.15, -0.1) is 0 Å². The molecule has 5 heteroatoms. The first-order chi connectivity index (χ1) is 20.8. The molecule has 0 amide bonds. The lowest BCUT2D eigenvalue weighted by atomic mass is 9.95. The molecule has 0 fully saturated rings. The quantitative estimate of drug-likeness (QED) is 0.184. The molecule has 1 aliphatic rings. The van der Waals surface area contributed by atoms with Crippen LogP contribution in [-0.2, 0) is 9.16 Å². The van der Waals surface area contributed by atoms with Gasteiger partial charge in [-0.3, -0.25) is 4.98 Å². The van der Waals surface area contributed by atoms with Gasteiger partial charge >= 0.3 is 0 Å². The van der Waals surface area contributed by atoms with Gasteiger partial charge in [0.15, 0.2) is 0 Å². The van der Waals surface area contributed by atoms with Crippen molar-refractivity contribution in [3.05, 3.63) is 144 Å². The molecular formula is C38H41NO3Si. The Hall–Kier alpha value is -4.03. The van der Waals surface area contributed by atoms with Crippen molar-refractivity contribution in [2.75, 3.05) is 13.2 Å². The number of ether oxygens (including phenoxy) is 1. The smallest absolute Gasteiger partial charge is 0.261 e. The average Bonchev–Trinajstić information content (AvgIpc) is 3.50. The first kappa shape index (κ1) is 30.4. The zero-order chi connectivity index (χ0) is 30.3. The van der Waals surface area contributed by atoms with Crippen LogP contribution in [0.15, 0.2) is 133 Å². The number of rotatable bonds is 11. The van der Waals surface area contributed by atoms with Crippen molar-refractivity contribution in [2.45, 2.75) is 44.8 Å². The maximum atomic E-state index is 10.4. The highest BCUT2D eigenvalue weighted by Gasteiger charge is 2.50. The summed E-state index contributed by atoms with van der Waals surface area (Å²) in [5.74, 6) is 0.252. The van der Waals surface area contributed by atoms with E-state index >= 15 is 0 Å². The van der Waals surface area contributed by atoms with Gasteiger partial charge in [0.25, 0.3) is 8.32 Å². The summed E-state index contributed by atoms with van der Waals surface area (Å²) in [6, 6.07) is 34.7. The van der Waals surface area contributed by atoms with Gasteiger partial charge in [0, 0.05) is 11.8 Å². The second-order valence-corrected chi connectivity index (χ2v) is 16.3. The molecule has 5 rings (SSSR count). The average molecular weight is 588 g/mol. The van der Waals surface area contributed by atoms with E-state index in [1.165, 1.54) is 10.4 Å². The molecule has 1 aliphatic heterocycles. The third kappa shape index (κ3) is 6.80. The molecule has 1 unspecified atom stereocenters. The third-order valence-corrected chi connectivity index (χ3v) is 13.2. The first-order valence-electron chi connectivity index (χ1n) is 14.9. The lowest BCUT2D eigenvalue weighted by Crippen LogP contribution is -2.66. The van der Waals surface area contributed by atoms with Crippen molar-refractivity contribution in [3.8, 4) is 5.75 Å². The van der Waals surface area contributed by atoms with Crippen LogP contribution in [0.4, 0.5) is 0 Å². The molecule has 1 N–H and O–H groups in total. The molecule has 2 heterocycles. The van der Waals surface area contributed by atoms with Crippen LogP contribution >= 0.6 is 0 Å². The van der Waals surface area contributed by atoms with Crippen LogP contribution in [0.5, 0.6) is 5.75 Å². The molecule has 0 saturated heterocycles. The Morgan fingerprint density at radius 3 is 2.16 bits per heavy atom. The molecule has 0 radical (unpaired) electrons. The summed E-state index contributed by atoms with van der Waals surface area (Å²) < 4.78 is 13.4. The molecule has 1 atom stereocenters. The van der Waals surface area contributed by atoms with E-state index in [-0.39, 0.29) is 16.9 Å². The van der Waals surface area contributed by atoms with Gasteiger partial charge in [0.1, 0.15) is 5.75 Å². The molecule has 4 aromatic rings. The van der Waals surface area contributed by atoms with Crippen molar-refractivity contribution in [2.24, 2.45) is 0 Å². The van der Waals surface area contributed by atoms with E-state index in [4.69, 9.17) is 9.16 Å². The van der Waals surface area contributed by atoms with E-state index in [1.807, 2.05) is 42.5 Å². The number of aromatic nitrogens is 1. The van der Waals surface area contributed by atoms with Crippen molar-refractivity contribution < 1.29 is 14.3 Å². The van der Waals surface area contributed by atoms with Crippen molar-refractivity contribution in [1.29, 1.82) is 0 Å². The Bertz CT molecular complexity index is 1530. The van der Waals surface area contributed by atoms with E-state index in [2.05, 4.69) is 99.1 Å². The summed E-state index contributed by atoms with van der Waals surface area (Å²) in [6.45, 7) is 12.4. The Morgan fingerprint density at radius 2 is 1.56 bits per heavy atom. The number of hydrogen-bond acceptors (Lipinski definition) is 4. The largest absolute Gasteiger partial charge is 0.507 e. The molecule has 4 nitrogen and oxygen atoms in total. The fourth-order valence-electron chi connectivity index (χ4n) is 6.04. The van der Waals surface area contributed by atoms with Gasteiger partial charge < -0.3 is 14.3 Å². The van der Waals surface area contributed by atoms with Crippen LogP contribution in [-0.4, -0.2) is 37.7 Å². The molecule has 220 valence electrons. The SMILES string of the molecule is C=C(CO[Si](c1ccccc1)(c1ccccc1)C(C)(C)C)C1=CCOC1CC/C(=C/c1ccccc1O)c1ccccn1.